The highest BCUT2D eigenvalue weighted by molar-refractivity contribution is 6.31. The van der Waals surface area contributed by atoms with Crippen LogP contribution in [0, 0.1) is 11.7 Å². The molecule has 0 aliphatic heterocycles. The van der Waals surface area contributed by atoms with Crippen LogP contribution in [0.1, 0.15) is 25.8 Å². The molecule has 0 amide bonds. The normalized spacial score (nSPS) is 13.2. The van der Waals surface area contributed by atoms with Gasteiger partial charge >= 0.3 is 0 Å². The molecule has 0 fully saturated rings. The summed E-state index contributed by atoms with van der Waals surface area (Å²) in [5.41, 5.74) is 6.76. The second-order valence-electron chi connectivity index (χ2n) is 4.16. The minimum atomic E-state index is -0.354. The Kier molecular flexibility index (Phi) is 4.55. The van der Waals surface area contributed by atoms with Crippen LogP contribution in [0.2, 0.25) is 5.02 Å². The van der Waals surface area contributed by atoms with Crippen LogP contribution >= 0.6 is 11.6 Å². The smallest absolute Gasteiger partial charge is 0.142 e. The average molecular weight is 230 g/mol. The van der Waals surface area contributed by atoms with E-state index in [0.29, 0.717) is 5.92 Å². The second-order valence-corrected chi connectivity index (χ2v) is 4.54. The van der Waals surface area contributed by atoms with Crippen LogP contribution in [0.15, 0.2) is 18.2 Å². The Bertz CT molecular complexity index is 325. The lowest BCUT2D eigenvalue weighted by Crippen LogP contribution is -2.26. The first-order valence-corrected chi connectivity index (χ1v) is 5.58. The van der Waals surface area contributed by atoms with Crippen molar-refractivity contribution in [3.05, 3.63) is 34.6 Å². The largest absolute Gasteiger partial charge is 0.327 e. The van der Waals surface area contributed by atoms with Crippen molar-refractivity contribution in [3.63, 3.8) is 0 Å². The molecule has 0 saturated carbocycles. The van der Waals surface area contributed by atoms with Crippen molar-refractivity contribution in [2.24, 2.45) is 11.7 Å². The van der Waals surface area contributed by atoms with Gasteiger partial charge in [-0.2, -0.15) is 0 Å². The van der Waals surface area contributed by atoms with Crippen LogP contribution in [0.3, 0.4) is 0 Å². The van der Waals surface area contributed by atoms with Gasteiger partial charge in [0.2, 0.25) is 0 Å². The van der Waals surface area contributed by atoms with Crippen LogP contribution in [-0.4, -0.2) is 6.04 Å². The molecule has 0 aliphatic carbocycles. The number of aryl methyl sites for hydroxylation is 1. The van der Waals surface area contributed by atoms with Gasteiger partial charge in [0, 0.05) is 6.04 Å². The van der Waals surface area contributed by atoms with Gasteiger partial charge in [0.25, 0.3) is 0 Å². The first-order chi connectivity index (χ1) is 7.02. The predicted molar refractivity (Wildman–Crippen MR) is 62.5 cm³/mol. The molecular weight excluding hydrogens is 213 g/mol. The van der Waals surface area contributed by atoms with E-state index < -0.39 is 0 Å². The monoisotopic (exact) mass is 229 g/mol. The summed E-state index contributed by atoms with van der Waals surface area (Å²) in [4.78, 5) is 0. The Morgan fingerprint density at radius 1 is 1.40 bits per heavy atom. The first kappa shape index (κ1) is 12.5. The second kappa shape index (κ2) is 5.47. The Hall–Kier alpha value is -0.600. The minimum Gasteiger partial charge on any atom is -0.327 e. The highest BCUT2D eigenvalue weighted by Gasteiger charge is 2.10. The van der Waals surface area contributed by atoms with Crippen LogP contribution in [0.25, 0.3) is 0 Å². The van der Waals surface area contributed by atoms with Gasteiger partial charge in [-0.25, -0.2) is 4.39 Å². The molecule has 0 saturated heterocycles. The number of benzene rings is 1. The van der Waals surface area contributed by atoms with Crippen molar-refractivity contribution >= 4 is 11.6 Å². The molecule has 3 heteroatoms. The number of hydrogen-bond acceptors (Lipinski definition) is 1. The summed E-state index contributed by atoms with van der Waals surface area (Å²) in [6, 6.07) is 5.04. The maximum Gasteiger partial charge on any atom is 0.142 e. The van der Waals surface area contributed by atoms with Gasteiger partial charge < -0.3 is 5.73 Å². The maximum atomic E-state index is 13.1. The molecule has 1 rings (SSSR count). The molecular formula is C12H17ClFN. The van der Waals surface area contributed by atoms with Crippen molar-refractivity contribution in [3.8, 4) is 0 Å². The summed E-state index contributed by atoms with van der Waals surface area (Å²) in [7, 11) is 0. The van der Waals surface area contributed by atoms with E-state index in [4.69, 9.17) is 17.3 Å². The lowest BCUT2D eigenvalue weighted by atomic mass is 9.97. The standard InChI is InChI=1S/C12H17ClFN/c1-8(2)11(15)7-6-9-4-3-5-10(14)12(9)13/h3-5,8,11H,6-7,15H2,1-2H3. The Morgan fingerprint density at radius 2 is 2.07 bits per heavy atom. The first-order valence-electron chi connectivity index (χ1n) is 5.21. The summed E-state index contributed by atoms with van der Waals surface area (Å²) in [5, 5.41) is 0.230. The van der Waals surface area contributed by atoms with E-state index >= 15 is 0 Å². The van der Waals surface area contributed by atoms with Crippen LogP contribution in [0.5, 0.6) is 0 Å². The predicted octanol–water partition coefficient (Wildman–Crippen LogP) is 3.40. The van der Waals surface area contributed by atoms with Gasteiger partial charge in [-0.05, 0) is 30.4 Å². The van der Waals surface area contributed by atoms with Crippen molar-refractivity contribution in [2.45, 2.75) is 32.7 Å². The lowest BCUT2D eigenvalue weighted by Gasteiger charge is -2.15. The van der Waals surface area contributed by atoms with Crippen molar-refractivity contribution in [2.75, 3.05) is 0 Å². The molecule has 0 bridgehead atoms. The van der Waals surface area contributed by atoms with E-state index in [0.717, 1.165) is 18.4 Å². The summed E-state index contributed by atoms with van der Waals surface area (Å²) in [6.45, 7) is 4.16. The number of nitrogens with two attached hydrogens (primary N) is 1. The van der Waals surface area contributed by atoms with Gasteiger partial charge in [0.05, 0.1) is 5.02 Å². The molecule has 1 aromatic rings. The summed E-state index contributed by atoms with van der Waals surface area (Å²) >= 11 is 5.84. The molecule has 2 N–H and O–H groups in total. The SMILES string of the molecule is CC(C)C(N)CCc1cccc(F)c1Cl. The van der Waals surface area contributed by atoms with Crippen LogP contribution in [-0.2, 0) is 6.42 Å². The Morgan fingerprint density at radius 3 is 2.67 bits per heavy atom. The molecule has 0 aliphatic rings. The Labute approximate surface area is 95.4 Å². The molecule has 15 heavy (non-hydrogen) atoms. The van der Waals surface area contributed by atoms with E-state index in [1.54, 1.807) is 6.07 Å². The fourth-order valence-corrected chi connectivity index (χ4v) is 1.62. The molecule has 84 valence electrons. The molecule has 0 radical (unpaired) electrons. The van der Waals surface area contributed by atoms with Crippen LogP contribution in [0.4, 0.5) is 4.39 Å². The molecule has 0 heterocycles. The highest BCUT2D eigenvalue weighted by Crippen LogP contribution is 2.21. The molecule has 0 spiro atoms. The third-order valence-electron chi connectivity index (χ3n) is 2.63. The van der Waals surface area contributed by atoms with Crippen molar-refractivity contribution in [1.82, 2.24) is 0 Å². The number of hydrogen-bond donors (Lipinski definition) is 1. The average Bonchev–Trinajstić information content (AvgIpc) is 2.19. The summed E-state index contributed by atoms with van der Waals surface area (Å²) in [5.74, 6) is 0.0876. The zero-order valence-corrected chi connectivity index (χ0v) is 9.89. The van der Waals surface area contributed by atoms with E-state index in [1.165, 1.54) is 6.07 Å². The zero-order chi connectivity index (χ0) is 11.4. The topological polar surface area (TPSA) is 26.0 Å². The Balaban J connectivity index is 2.62. The number of halogens is 2. The molecule has 1 nitrogen and oxygen atoms in total. The van der Waals surface area contributed by atoms with E-state index in [9.17, 15) is 4.39 Å². The van der Waals surface area contributed by atoms with E-state index in [-0.39, 0.29) is 16.9 Å². The van der Waals surface area contributed by atoms with E-state index in [1.807, 2.05) is 6.07 Å². The van der Waals surface area contributed by atoms with Gasteiger partial charge in [0.15, 0.2) is 0 Å². The molecule has 0 aromatic heterocycles. The fraction of sp³-hybridized carbons (Fsp3) is 0.500. The van der Waals surface area contributed by atoms with Gasteiger partial charge in [-0.15, -0.1) is 0 Å². The quantitative estimate of drug-likeness (QED) is 0.842. The molecule has 1 unspecified atom stereocenters. The third-order valence-corrected chi connectivity index (χ3v) is 3.06. The van der Waals surface area contributed by atoms with Gasteiger partial charge in [-0.1, -0.05) is 37.6 Å². The zero-order valence-electron chi connectivity index (χ0n) is 9.13. The highest BCUT2D eigenvalue weighted by atomic mass is 35.5. The van der Waals surface area contributed by atoms with Crippen molar-refractivity contribution in [1.29, 1.82) is 0 Å². The molecule has 1 aromatic carbocycles. The van der Waals surface area contributed by atoms with Gasteiger partial charge in [-0.3, -0.25) is 0 Å². The summed E-state index contributed by atoms with van der Waals surface area (Å²) < 4.78 is 13.1. The lowest BCUT2D eigenvalue weighted by molar-refractivity contribution is 0.464. The van der Waals surface area contributed by atoms with E-state index in [2.05, 4.69) is 13.8 Å². The third kappa shape index (κ3) is 3.47. The van der Waals surface area contributed by atoms with Crippen molar-refractivity contribution < 1.29 is 4.39 Å². The fourth-order valence-electron chi connectivity index (χ4n) is 1.40. The van der Waals surface area contributed by atoms with Gasteiger partial charge in [0.1, 0.15) is 5.82 Å². The minimum absolute atomic E-state index is 0.143. The maximum absolute atomic E-state index is 13.1. The summed E-state index contributed by atoms with van der Waals surface area (Å²) in [6.07, 6.45) is 1.57. The molecule has 1 atom stereocenters. The van der Waals surface area contributed by atoms with Crippen LogP contribution < -0.4 is 5.73 Å². The number of rotatable bonds is 4.